The molecule has 5 heteroatoms. The van der Waals surface area contributed by atoms with E-state index >= 15 is 0 Å². The van der Waals surface area contributed by atoms with Crippen LogP contribution in [0.4, 0.5) is 5.69 Å². The van der Waals surface area contributed by atoms with Crippen molar-refractivity contribution >= 4 is 5.69 Å². The van der Waals surface area contributed by atoms with Gasteiger partial charge in [0.1, 0.15) is 0 Å². The molecule has 17 heavy (non-hydrogen) atoms. The van der Waals surface area contributed by atoms with E-state index in [9.17, 15) is 10.1 Å². The quantitative estimate of drug-likeness (QED) is 0.630. The molecule has 0 aromatic heterocycles. The highest BCUT2D eigenvalue weighted by molar-refractivity contribution is 5.53. The number of benzene rings is 1. The van der Waals surface area contributed by atoms with Crippen LogP contribution in [0.3, 0.4) is 0 Å². The molecule has 1 unspecified atom stereocenters. The van der Waals surface area contributed by atoms with Gasteiger partial charge in [0.25, 0.3) is 0 Å². The third kappa shape index (κ3) is 3.42. The second-order valence-corrected chi connectivity index (χ2v) is 4.34. The summed E-state index contributed by atoms with van der Waals surface area (Å²) in [6, 6.07) is 3.39. The Kier molecular flexibility index (Phi) is 4.45. The summed E-state index contributed by atoms with van der Waals surface area (Å²) in [6.45, 7) is 6.46. The van der Waals surface area contributed by atoms with E-state index < -0.39 is 4.92 Å². The number of hydrogen-bond donors (Lipinski definition) is 1. The van der Waals surface area contributed by atoms with Crippen molar-refractivity contribution in [2.24, 2.45) is 11.7 Å². The highest BCUT2D eigenvalue weighted by Crippen LogP contribution is 2.32. The summed E-state index contributed by atoms with van der Waals surface area (Å²) < 4.78 is 5.52. The number of rotatable bonds is 5. The summed E-state index contributed by atoms with van der Waals surface area (Å²) in [5.74, 6) is 0.524. The van der Waals surface area contributed by atoms with Crippen molar-refractivity contribution in [3.8, 4) is 5.75 Å². The molecule has 0 aliphatic heterocycles. The SMILES string of the molecule is Cc1cc(C)c(OCC(C)CN)c([N+](=O)[O-])c1. The fourth-order valence-corrected chi connectivity index (χ4v) is 1.55. The Morgan fingerprint density at radius 1 is 1.47 bits per heavy atom. The van der Waals surface area contributed by atoms with E-state index in [2.05, 4.69) is 0 Å². The third-order valence-corrected chi connectivity index (χ3v) is 2.51. The van der Waals surface area contributed by atoms with Crippen molar-refractivity contribution in [2.45, 2.75) is 20.8 Å². The fraction of sp³-hybridized carbons (Fsp3) is 0.500. The van der Waals surface area contributed by atoms with Crippen LogP contribution >= 0.6 is 0 Å². The number of hydrogen-bond acceptors (Lipinski definition) is 4. The lowest BCUT2D eigenvalue weighted by Gasteiger charge is -2.13. The van der Waals surface area contributed by atoms with E-state index in [1.54, 1.807) is 0 Å². The fourth-order valence-electron chi connectivity index (χ4n) is 1.55. The largest absolute Gasteiger partial charge is 0.486 e. The minimum absolute atomic E-state index is 0.0201. The van der Waals surface area contributed by atoms with Crippen LogP contribution in [0.25, 0.3) is 0 Å². The number of nitro groups is 1. The standard InChI is InChI=1S/C12H18N2O3/c1-8-4-10(3)12(11(5-8)14(15)16)17-7-9(2)6-13/h4-5,9H,6-7,13H2,1-3H3. The average molecular weight is 238 g/mol. The molecule has 1 aromatic rings. The number of ether oxygens (including phenoxy) is 1. The van der Waals surface area contributed by atoms with Crippen LogP contribution in [0.1, 0.15) is 18.1 Å². The van der Waals surface area contributed by atoms with Crippen molar-refractivity contribution in [3.63, 3.8) is 0 Å². The highest BCUT2D eigenvalue weighted by atomic mass is 16.6. The predicted molar refractivity (Wildman–Crippen MR) is 66.3 cm³/mol. The van der Waals surface area contributed by atoms with Crippen LogP contribution in [0, 0.1) is 29.9 Å². The van der Waals surface area contributed by atoms with E-state index in [0.29, 0.717) is 18.9 Å². The Balaban J connectivity index is 3.00. The highest BCUT2D eigenvalue weighted by Gasteiger charge is 2.18. The van der Waals surface area contributed by atoms with E-state index in [4.69, 9.17) is 10.5 Å². The van der Waals surface area contributed by atoms with Crippen molar-refractivity contribution in [2.75, 3.05) is 13.2 Å². The predicted octanol–water partition coefficient (Wildman–Crippen LogP) is 2.19. The van der Waals surface area contributed by atoms with Gasteiger partial charge in [0.2, 0.25) is 0 Å². The zero-order valence-corrected chi connectivity index (χ0v) is 10.4. The molecule has 0 radical (unpaired) electrons. The van der Waals surface area contributed by atoms with Gasteiger partial charge in [0.05, 0.1) is 11.5 Å². The lowest BCUT2D eigenvalue weighted by molar-refractivity contribution is -0.386. The number of aryl methyl sites for hydroxylation is 2. The van der Waals surface area contributed by atoms with Gasteiger partial charge in [-0.15, -0.1) is 0 Å². The van der Waals surface area contributed by atoms with Gasteiger partial charge in [-0.3, -0.25) is 10.1 Å². The van der Waals surface area contributed by atoms with Gasteiger partial charge < -0.3 is 10.5 Å². The summed E-state index contributed by atoms with van der Waals surface area (Å²) >= 11 is 0. The molecule has 0 bridgehead atoms. The van der Waals surface area contributed by atoms with E-state index in [-0.39, 0.29) is 11.6 Å². The second-order valence-electron chi connectivity index (χ2n) is 4.34. The van der Waals surface area contributed by atoms with Crippen LogP contribution in [-0.2, 0) is 0 Å². The molecule has 0 amide bonds. The van der Waals surface area contributed by atoms with E-state index in [1.807, 2.05) is 26.8 Å². The monoisotopic (exact) mass is 238 g/mol. The number of nitrogens with two attached hydrogens (primary N) is 1. The Labute approximate surface area is 101 Å². The second kappa shape index (κ2) is 5.63. The van der Waals surface area contributed by atoms with Gasteiger partial charge in [-0.1, -0.05) is 13.0 Å². The zero-order valence-electron chi connectivity index (χ0n) is 10.4. The minimum Gasteiger partial charge on any atom is -0.486 e. The minimum atomic E-state index is -0.414. The summed E-state index contributed by atoms with van der Waals surface area (Å²) in [5.41, 5.74) is 7.14. The Hall–Kier alpha value is -1.62. The molecule has 0 spiro atoms. The van der Waals surface area contributed by atoms with Crippen molar-refractivity contribution in [3.05, 3.63) is 33.4 Å². The van der Waals surface area contributed by atoms with Gasteiger partial charge in [-0.25, -0.2) is 0 Å². The molecular weight excluding hydrogens is 220 g/mol. The maximum Gasteiger partial charge on any atom is 0.311 e. The lowest BCUT2D eigenvalue weighted by atomic mass is 10.1. The van der Waals surface area contributed by atoms with Crippen LogP contribution in [0.2, 0.25) is 0 Å². The van der Waals surface area contributed by atoms with E-state index in [1.165, 1.54) is 6.07 Å². The van der Waals surface area contributed by atoms with Gasteiger partial charge >= 0.3 is 5.69 Å². The maximum absolute atomic E-state index is 10.9. The maximum atomic E-state index is 10.9. The van der Waals surface area contributed by atoms with Gasteiger partial charge in [-0.05, 0) is 31.5 Å². The van der Waals surface area contributed by atoms with Crippen molar-refractivity contribution < 1.29 is 9.66 Å². The summed E-state index contributed by atoms with van der Waals surface area (Å²) in [5, 5.41) is 10.9. The molecule has 1 rings (SSSR count). The first kappa shape index (κ1) is 13.4. The Morgan fingerprint density at radius 3 is 2.65 bits per heavy atom. The summed E-state index contributed by atoms with van der Waals surface area (Å²) in [7, 11) is 0. The molecular formula is C12H18N2O3. The van der Waals surface area contributed by atoms with Crippen molar-refractivity contribution in [1.29, 1.82) is 0 Å². The molecule has 0 fully saturated rings. The smallest absolute Gasteiger partial charge is 0.311 e. The molecule has 94 valence electrons. The lowest BCUT2D eigenvalue weighted by Crippen LogP contribution is -2.18. The first-order valence-corrected chi connectivity index (χ1v) is 5.54. The first-order chi connectivity index (χ1) is 7.95. The Bertz CT molecular complexity index is 418. The van der Waals surface area contributed by atoms with Crippen LogP contribution in [-0.4, -0.2) is 18.1 Å². The van der Waals surface area contributed by atoms with Crippen LogP contribution in [0.15, 0.2) is 12.1 Å². The number of nitro benzene ring substituents is 1. The zero-order chi connectivity index (χ0) is 13.0. The molecule has 0 aliphatic carbocycles. The first-order valence-electron chi connectivity index (χ1n) is 5.54. The van der Waals surface area contributed by atoms with E-state index in [0.717, 1.165) is 11.1 Å². The molecule has 5 nitrogen and oxygen atoms in total. The Morgan fingerprint density at radius 2 is 2.12 bits per heavy atom. The molecule has 0 saturated heterocycles. The van der Waals surface area contributed by atoms with Gasteiger partial charge in [0, 0.05) is 12.0 Å². The summed E-state index contributed by atoms with van der Waals surface area (Å²) in [6.07, 6.45) is 0. The molecule has 2 N–H and O–H groups in total. The average Bonchev–Trinajstić information content (AvgIpc) is 2.26. The summed E-state index contributed by atoms with van der Waals surface area (Å²) in [4.78, 5) is 10.5. The van der Waals surface area contributed by atoms with Crippen molar-refractivity contribution in [1.82, 2.24) is 0 Å². The third-order valence-electron chi connectivity index (χ3n) is 2.51. The molecule has 0 saturated carbocycles. The molecule has 0 aliphatic rings. The molecule has 1 aromatic carbocycles. The molecule has 0 heterocycles. The van der Waals surface area contributed by atoms with Gasteiger partial charge in [0.15, 0.2) is 5.75 Å². The number of nitrogens with zero attached hydrogens (tertiary/aromatic N) is 1. The van der Waals surface area contributed by atoms with Crippen LogP contribution in [0.5, 0.6) is 5.75 Å². The van der Waals surface area contributed by atoms with Gasteiger partial charge in [-0.2, -0.15) is 0 Å². The molecule has 1 atom stereocenters. The normalized spacial score (nSPS) is 12.2. The topological polar surface area (TPSA) is 78.4 Å². The van der Waals surface area contributed by atoms with Crippen LogP contribution < -0.4 is 10.5 Å².